The van der Waals surface area contributed by atoms with Crippen LogP contribution in [0.5, 0.6) is 0 Å². The van der Waals surface area contributed by atoms with Crippen LogP contribution in [0.25, 0.3) is 22.4 Å². The van der Waals surface area contributed by atoms with Crippen molar-refractivity contribution in [2.24, 2.45) is 22.7 Å². The Bertz CT molecular complexity index is 2670. The molecule has 0 saturated carbocycles. The van der Waals surface area contributed by atoms with Crippen LogP contribution in [-0.2, 0) is 31.9 Å². The van der Waals surface area contributed by atoms with Gasteiger partial charge >= 0.3 is 12.2 Å². The summed E-state index contributed by atoms with van der Waals surface area (Å²) in [4.78, 5) is 70.4. The lowest BCUT2D eigenvalue weighted by atomic mass is 9.78. The fourth-order valence-electron chi connectivity index (χ4n) is 12.3. The number of aromatic nitrogens is 2. The zero-order valence-electron chi connectivity index (χ0n) is 42.8. The minimum absolute atomic E-state index is 0.0125. The average molecular weight is 964 g/mol. The molecule has 7 atom stereocenters. The highest BCUT2D eigenvalue weighted by Crippen LogP contribution is 2.50. The van der Waals surface area contributed by atoms with E-state index in [9.17, 15) is 19.2 Å². The topological polar surface area (TPSA) is 158 Å². The first-order chi connectivity index (χ1) is 34.3. The fourth-order valence-corrected chi connectivity index (χ4v) is 12.3. The van der Waals surface area contributed by atoms with Crippen molar-refractivity contribution >= 4 is 40.9 Å². The van der Waals surface area contributed by atoms with E-state index in [1.54, 1.807) is 0 Å². The van der Waals surface area contributed by atoms with Gasteiger partial charge in [-0.3, -0.25) is 14.6 Å². The van der Waals surface area contributed by atoms with E-state index in [1.165, 1.54) is 58.7 Å². The third kappa shape index (κ3) is 10.4. The summed E-state index contributed by atoms with van der Waals surface area (Å²) in [5.41, 5.74) is 13.9. The van der Waals surface area contributed by atoms with E-state index in [-0.39, 0.29) is 41.8 Å². The number of fused-ring (bicyclic) bond motifs is 4. The number of H-pyrrole nitrogens is 1. The molecule has 1 aromatic heterocycles. The Morgan fingerprint density at radius 2 is 1.42 bits per heavy atom. The van der Waals surface area contributed by atoms with Crippen LogP contribution < -0.4 is 10.6 Å². The molecule has 2 saturated heterocycles. The van der Waals surface area contributed by atoms with Crippen LogP contribution in [0, 0.1) is 17.8 Å². The maximum Gasteiger partial charge on any atom is 0.407 e. The first kappa shape index (κ1) is 49.7. The molecule has 3 aromatic carbocycles. The Labute approximate surface area is 419 Å². The molecular weight excluding hydrogens is 891 g/mol. The van der Waals surface area contributed by atoms with Gasteiger partial charge in [0, 0.05) is 18.8 Å². The number of hydrogen-bond acceptors (Lipinski definition) is 8. The number of alkyl carbamates (subject to hydrolysis) is 2. The highest BCUT2D eigenvalue weighted by Gasteiger charge is 2.41. The van der Waals surface area contributed by atoms with Crippen molar-refractivity contribution < 1.29 is 28.7 Å². The van der Waals surface area contributed by atoms with Crippen molar-refractivity contribution in [1.29, 1.82) is 0 Å². The van der Waals surface area contributed by atoms with Crippen LogP contribution in [0.4, 0.5) is 9.59 Å². The van der Waals surface area contributed by atoms with Gasteiger partial charge in [0.25, 0.3) is 0 Å². The largest absolute Gasteiger partial charge is 0.453 e. The zero-order valence-corrected chi connectivity index (χ0v) is 42.8. The number of carbonyl (C=O) groups excluding carboxylic acids is 4. The molecule has 5 aliphatic rings. The molecule has 2 aliphatic carbocycles. The maximum absolute atomic E-state index is 14.1. The summed E-state index contributed by atoms with van der Waals surface area (Å²) in [6.45, 7) is 11.5. The first-order valence-corrected chi connectivity index (χ1v) is 26.3. The predicted molar refractivity (Wildman–Crippen MR) is 278 cm³/mol. The van der Waals surface area contributed by atoms with Gasteiger partial charge in [-0.15, -0.1) is 0 Å². The monoisotopic (exact) mass is 964 g/mol. The molecule has 7 unspecified atom stereocenters. The molecule has 0 spiro atoms. The minimum Gasteiger partial charge on any atom is -0.453 e. The smallest absolute Gasteiger partial charge is 0.407 e. The van der Waals surface area contributed by atoms with Gasteiger partial charge in [0.1, 0.15) is 17.9 Å². The highest BCUT2D eigenvalue weighted by molar-refractivity contribution is 6.03. The summed E-state index contributed by atoms with van der Waals surface area (Å²) in [5.74, 6) is 1.10. The summed E-state index contributed by atoms with van der Waals surface area (Å²) in [6.07, 6.45) is 11.9. The van der Waals surface area contributed by atoms with E-state index in [2.05, 4.69) is 89.3 Å². The number of aromatic amines is 1. The summed E-state index contributed by atoms with van der Waals surface area (Å²) >= 11 is 0. The molecule has 3 N–H and O–H groups in total. The molecule has 0 radical (unpaired) electrons. The van der Waals surface area contributed by atoms with Gasteiger partial charge in [-0.1, -0.05) is 95.6 Å². The number of amides is 4. The standard InChI is InChI=1S/C58H73N7O6/c1-34(2)52(62-57(68)70-6)55(66)64-27-13-19-50(64)48-18-12-11-17-47(60-48)40-22-24-42-36(5)41(29-37-15-9-8-10-16-37)32-46-43-25-23-39(30-38(43)21-26-44(46)45(42)31-40)49-33-59-54(61-49)51-20-14-28-65(51)56(67)53(35(3)4)63-58(69)71-7/h8-10,15-16,22-25,30-31,33-36,41,48,50-53H,11-14,17-21,26-29,32H2,1-7H3,(H,59,61)(H,62,68)(H,63,69). The van der Waals surface area contributed by atoms with Crippen LogP contribution >= 0.6 is 0 Å². The van der Waals surface area contributed by atoms with Gasteiger partial charge in [0.15, 0.2) is 0 Å². The van der Waals surface area contributed by atoms with E-state index < -0.39 is 24.3 Å². The van der Waals surface area contributed by atoms with Gasteiger partial charge in [-0.05, 0) is 157 Å². The maximum atomic E-state index is 14.1. The van der Waals surface area contributed by atoms with Gasteiger partial charge in [0.2, 0.25) is 11.8 Å². The third-order valence-corrected chi connectivity index (χ3v) is 16.2. The van der Waals surface area contributed by atoms with Crippen molar-refractivity contribution in [1.82, 2.24) is 30.4 Å². The lowest BCUT2D eigenvalue weighted by Crippen LogP contribution is -2.54. The molecule has 13 nitrogen and oxygen atoms in total. The highest BCUT2D eigenvalue weighted by atomic mass is 16.5. The SMILES string of the molecule is COC(=O)NC(C(=O)N1CCCC1c1ncc(-c2ccc3c(c2)CCC2=C3CC(Cc3ccccc3)C(C)c3ccc(C4=NC(C5CCCN5C(=O)C(NC(=O)OC)C(C)C)CCCC4)cc32)[nH]1)C(C)C. The Morgan fingerprint density at radius 1 is 0.732 bits per heavy atom. The number of methoxy groups -OCH3 is 2. The summed E-state index contributed by atoms with van der Waals surface area (Å²) < 4.78 is 9.74. The average Bonchev–Trinajstić information content (AvgIpc) is 4.14. The number of benzene rings is 3. The van der Waals surface area contributed by atoms with E-state index >= 15 is 0 Å². The number of carbonyl (C=O) groups is 4. The molecule has 13 heteroatoms. The predicted octanol–water partition coefficient (Wildman–Crippen LogP) is 10.4. The molecule has 4 aromatic rings. The number of allylic oxidation sites excluding steroid dienone is 2. The van der Waals surface area contributed by atoms with Gasteiger partial charge in [-0.2, -0.15) is 0 Å². The zero-order chi connectivity index (χ0) is 49.9. The van der Waals surface area contributed by atoms with Crippen LogP contribution in [0.3, 0.4) is 0 Å². The van der Waals surface area contributed by atoms with Crippen molar-refractivity contribution in [2.75, 3.05) is 27.3 Å². The second-order valence-corrected chi connectivity index (χ2v) is 21.3. The lowest BCUT2D eigenvalue weighted by molar-refractivity contribution is -0.136. The molecule has 376 valence electrons. The van der Waals surface area contributed by atoms with Crippen LogP contribution in [0.2, 0.25) is 0 Å². The number of aryl methyl sites for hydroxylation is 1. The van der Waals surface area contributed by atoms with E-state index in [4.69, 9.17) is 19.5 Å². The Kier molecular flexibility index (Phi) is 15.1. The second kappa shape index (κ2) is 21.6. The van der Waals surface area contributed by atoms with Gasteiger partial charge in [-0.25, -0.2) is 14.6 Å². The van der Waals surface area contributed by atoms with Crippen LogP contribution in [0.15, 0.2) is 77.9 Å². The van der Waals surface area contributed by atoms with E-state index in [0.717, 1.165) is 99.8 Å². The quantitative estimate of drug-likeness (QED) is 0.128. The molecule has 3 aliphatic heterocycles. The molecule has 0 bridgehead atoms. The molecule has 4 heterocycles. The lowest BCUT2D eigenvalue weighted by Gasteiger charge is -2.33. The second-order valence-electron chi connectivity index (χ2n) is 21.3. The number of imidazole rings is 1. The number of aliphatic imine (C=N–C) groups is 1. The number of rotatable bonds is 12. The van der Waals surface area contributed by atoms with Crippen molar-refractivity contribution in [3.05, 3.63) is 112 Å². The first-order valence-electron chi connectivity index (χ1n) is 26.3. The molecule has 4 amide bonds. The van der Waals surface area contributed by atoms with Crippen LogP contribution in [0.1, 0.15) is 150 Å². The fraction of sp³-hybridized carbons (Fsp3) is 0.517. The Hall–Kier alpha value is -6.24. The summed E-state index contributed by atoms with van der Waals surface area (Å²) in [5, 5.41) is 5.57. The normalized spacial score (nSPS) is 22.9. The minimum atomic E-state index is -0.692. The van der Waals surface area contributed by atoms with E-state index in [0.29, 0.717) is 24.9 Å². The van der Waals surface area contributed by atoms with E-state index in [1.807, 2.05) is 43.7 Å². The number of nitrogens with zero attached hydrogens (tertiary/aromatic N) is 4. The molecule has 9 rings (SSSR count). The van der Waals surface area contributed by atoms with Crippen molar-refractivity contribution in [3.63, 3.8) is 0 Å². The van der Waals surface area contributed by atoms with Gasteiger partial charge < -0.3 is 34.9 Å². The van der Waals surface area contributed by atoms with Crippen molar-refractivity contribution in [2.45, 2.75) is 148 Å². The molecule has 71 heavy (non-hydrogen) atoms. The number of hydrogen-bond donors (Lipinski definition) is 3. The Morgan fingerprint density at radius 3 is 2.14 bits per heavy atom. The summed E-state index contributed by atoms with van der Waals surface area (Å²) in [7, 11) is 2.64. The number of ether oxygens (including phenoxy) is 2. The number of likely N-dealkylation sites (tertiary alicyclic amines) is 2. The Balaban J connectivity index is 1.03. The van der Waals surface area contributed by atoms with Gasteiger partial charge in [0.05, 0.1) is 44.2 Å². The molecule has 2 fully saturated rings. The molecular formula is C58H73N7O6. The van der Waals surface area contributed by atoms with Crippen molar-refractivity contribution in [3.8, 4) is 11.3 Å². The summed E-state index contributed by atoms with van der Waals surface area (Å²) in [6, 6.07) is 23.4. The van der Waals surface area contributed by atoms with Crippen LogP contribution in [-0.4, -0.2) is 101 Å². The number of nitrogens with one attached hydrogen (secondary N) is 3. The third-order valence-electron chi connectivity index (χ3n) is 16.2.